The molecule has 0 N–H and O–H groups in total. The zero-order valence-corrected chi connectivity index (χ0v) is 25.9. The lowest BCUT2D eigenvalue weighted by molar-refractivity contribution is -0.673. The number of hydrogen-bond acceptors (Lipinski definition) is 4. The molecule has 0 fully saturated rings. The van der Waals surface area contributed by atoms with Crippen molar-refractivity contribution in [2.45, 2.75) is 0 Å². The summed E-state index contributed by atoms with van der Waals surface area (Å²) in [6.45, 7) is 9.83. The Morgan fingerprint density at radius 2 is 1.38 bits per heavy atom. The predicted octanol–water partition coefficient (Wildman–Crippen LogP) is 7.06. The van der Waals surface area contributed by atoms with E-state index in [1.807, 2.05) is 51.6 Å². The topological polar surface area (TPSA) is 13.4 Å². The first-order chi connectivity index (χ1) is 19.4. The normalized spacial score (nSPS) is 11.8. The van der Waals surface area contributed by atoms with Gasteiger partial charge < -0.3 is 9.80 Å². The summed E-state index contributed by atoms with van der Waals surface area (Å²) in [5, 5.41) is 0. The summed E-state index contributed by atoms with van der Waals surface area (Å²) in [5.74, 6) is 2.17. The molecule has 6 heteroatoms. The van der Waals surface area contributed by atoms with Crippen LogP contribution in [0, 0.1) is 0 Å². The molecule has 0 aliphatic heterocycles. The molecular weight excluding hydrogens is 529 g/mol. The fourth-order valence-corrected chi connectivity index (χ4v) is 5.95. The molecule has 3 rings (SSSR count). The predicted molar refractivity (Wildman–Crippen MR) is 182 cm³/mol. The first kappa shape index (κ1) is 31.1. The van der Waals surface area contributed by atoms with Crippen LogP contribution in [0.1, 0.15) is 16.8 Å². The molecule has 0 aliphatic carbocycles. The van der Waals surface area contributed by atoms with E-state index in [0.717, 1.165) is 35.9 Å². The summed E-state index contributed by atoms with van der Waals surface area (Å²) in [4.78, 5) is 4.64. The number of hydrogen-bond donors (Lipinski definition) is 0. The van der Waals surface area contributed by atoms with Crippen molar-refractivity contribution in [1.82, 2.24) is 0 Å². The zero-order valence-electron chi connectivity index (χ0n) is 24.2. The van der Waals surface area contributed by atoms with Crippen LogP contribution in [0.4, 0.5) is 11.4 Å². The van der Waals surface area contributed by atoms with Crippen molar-refractivity contribution in [2.75, 3.05) is 55.5 Å². The number of allylic oxidation sites excluding steroid dienone is 2. The van der Waals surface area contributed by atoms with E-state index in [1.54, 1.807) is 6.08 Å². The minimum absolute atomic E-state index is 0.918. The number of likely N-dealkylation sites (N-methyl/N-ethyl adjacent to an activating group) is 1. The number of aromatic nitrogens is 1. The monoisotopic (exact) mass is 570 g/mol. The maximum atomic E-state index is 4.08. The van der Waals surface area contributed by atoms with E-state index in [-0.39, 0.29) is 0 Å². The third kappa shape index (κ3) is 10.2. The molecule has 2 aromatic carbocycles. The van der Waals surface area contributed by atoms with Gasteiger partial charge in [0.05, 0.1) is 0 Å². The molecule has 4 nitrogen and oxygen atoms in total. The Hall–Kier alpha value is -3.48. The van der Waals surface area contributed by atoms with Crippen LogP contribution < -0.4 is 14.4 Å². The third-order valence-electron chi connectivity index (χ3n) is 6.56. The van der Waals surface area contributed by atoms with Crippen molar-refractivity contribution < 1.29 is 9.14 Å². The van der Waals surface area contributed by atoms with Gasteiger partial charge in [-0.2, -0.15) is 0 Å². The van der Waals surface area contributed by atoms with Gasteiger partial charge in [0.1, 0.15) is 14.1 Å². The van der Waals surface area contributed by atoms with Gasteiger partial charge in [-0.25, -0.2) is 9.14 Å². The lowest BCUT2D eigenvalue weighted by Gasteiger charge is -2.20. The quantitative estimate of drug-likeness (QED) is 0.0638. The highest BCUT2D eigenvalue weighted by molar-refractivity contribution is 8.76. The summed E-state index contributed by atoms with van der Waals surface area (Å²) >= 11 is 0. The Labute approximate surface area is 249 Å². The average Bonchev–Trinajstić information content (AvgIpc) is 2.97. The second kappa shape index (κ2) is 16.6. The van der Waals surface area contributed by atoms with Crippen molar-refractivity contribution in [2.24, 2.45) is 7.05 Å². The van der Waals surface area contributed by atoms with Crippen molar-refractivity contribution in [3.63, 3.8) is 0 Å². The van der Waals surface area contributed by atoms with E-state index in [4.69, 9.17) is 0 Å². The first-order valence-corrected chi connectivity index (χ1v) is 15.9. The van der Waals surface area contributed by atoms with E-state index >= 15 is 0 Å². The number of benzene rings is 2. The third-order valence-corrected chi connectivity index (χ3v) is 8.93. The highest BCUT2D eigenvalue weighted by atomic mass is 33.1. The summed E-state index contributed by atoms with van der Waals surface area (Å²) in [7, 11) is 12.2. The molecule has 0 aliphatic rings. The molecule has 0 atom stereocenters. The Balaban J connectivity index is 1.34. The summed E-state index contributed by atoms with van der Waals surface area (Å²) in [6.07, 6.45) is 14.1. The van der Waals surface area contributed by atoms with Crippen LogP contribution in [-0.2, 0) is 7.05 Å². The van der Waals surface area contributed by atoms with Crippen LogP contribution in [0.5, 0.6) is 0 Å². The number of rotatable bonds is 15. The van der Waals surface area contributed by atoms with Crippen LogP contribution in [0.25, 0.3) is 18.2 Å². The molecular formula is C34H42N4S2+2. The van der Waals surface area contributed by atoms with Gasteiger partial charge in [-0.05, 0) is 66.3 Å². The van der Waals surface area contributed by atoms with Crippen LogP contribution in [0.15, 0.2) is 104 Å². The largest absolute Gasteiger partial charge is 0.374 e. The van der Waals surface area contributed by atoms with Gasteiger partial charge >= 0.3 is 0 Å². The van der Waals surface area contributed by atoms with Gasteiger partial charge in [0.2, 0.25) is 5.69 Å². The maximum absolute atomic E-state index is 4.08. The molecule has 1 heterocycles. The number of aryl methyl sites for hydroxylation is 1. The molecule has 40 heavy (non-hydrogen) atoms. The van der Waals surface area contributed by atoms with Gasteiger partial charge in [0.25, 0.3) is 0 Å². The number of anilines is 2. The van der Waals surface area contributed by atoms with Gasteiger partial charge in [-0.15, -0.1) is 0 Å². The van der Waals surface area contributed by atoms with Crippen LogP contribution >= 0.6 is 21.6 Å². The van der Waals surface area contributed by atoms with E-state index in [2.05, 4.69) is 134 Å². The molecule has 0 amide bonds. The van der Waals surface area contributed by atoms with Gasteiger partial charge in [0.15, 0.2) is 18.1 Å². The van der Waals surface area contributed by atoms with Crippen molar-refractivity contribution in [3.8, 4) is 0 Å². The standard InChI is InChI=1S/C34H42N4S2/c1-7-23-35(3)29(2)11-12-30-14-19-33(20-15-30)37(5)25-27-39-40-28-26-38(6)34-21-16-31(17-22-34)13-18-32-10-8-9-24-36(32)4/h7-24H,1-2,25-28H2,3-6H3/q+2/b12-11+,35-23-. The second-order valence-electron chi connectivity index (χ2n) is 9.56. The summed E-state index contributed by atoms with van der Waals surface area (Å²) < 4.78 is 4.06. The lowest BCUT2D eigenvalue weighted by Crippen LogP contribution is -2.30. The van der Waals surface area contributed by atoms with Crippen molar-refractivity contribution >= 4 is 57.4 Å². The first-order valence-electron chi connectivity index (χ1n) is 13.4. The Kier molecular flexibility index (Phi) is 12.9. The molecule has 0 unspecified atom stereocenters. The van der Waals surface area contributed by atoms with Gasteiger partial charge in [0, 0.05) is 74.4 Å². The Morgan fingerprint density at radius 1 is 0.825 bits per heavy atom. The number of pyridine rings is 1. The highest BCUT2D eigenvalue weighted by Crippen LogP contribution is 2.23. The van der Waals surface area contributed by atoms with E-state index in [9.17, 15) is 0 Å². The minimum atomic E-state index is 0.918. The second-order valence-corrected chi connectivity index (χ2v) is 12.3. The molecule has 0 spiro atoms. The van der Waals surface area contributed by atoms with Crippen LogP contribution in [0.3, 0.4) is 0 Å². The molecule has 3 aromatic rings. The SMILES string of the molecule is C=C/C=[N+](/C)C(=C)/C=C/c1ccc(N(C)CCSSCCN(C)c2ccc(/C=C/c3cccc[n+]3C)cc2)cc1. The van der Waals surface area contributed by atoms with E-state index < -0.39 is 0 Å². The minimum Gasteiger partial charge on any atom is -0.374 e. The smallest absolute Gasteiger partial charge is 0.204 e. The molecule has 0 bridgehead atoms. The van der Waals surface area contributed by atoms with Crippen molar-refractivity contribution in [1.29, 1.82) is 0 Å². The van der Waals surface area contributed by atoms with Gasteiger partial charge in [-0.1, -0.05) is 52.4 Å². The maximum Gasteiger partial charge on any atom is 0.204 e. The average molecular weight is 571 g/mol. The number of nitrogens with zero attached hydrogens (tertiary/aromatic N) is 4. The Bertz CT molecular complexity index is 1320. The lowest BCUT2D eigenvalue weighted by atomic mass is 10.1. The molecule has 0 saturated heterocycles. The fourth-order valence-electron chi connectivity index (χ4n) is 3.86. The molecule has 0 radical (unpaired) electrons. The Morgan fingerprint density at radius 3 is 1.90 bits per heavy atom. The highest BCUT2D eigenvalue weighted by Gasteiger charge is 2.04. The van der Waals surface area contributed by atoms with Crippen LogP contribution in [0.2, 0.25) is 0 Å². The zero-order chi connectivity index (χ0) is 28.7. The van der Waals surface area contributed by atoms with Crippen LogP contribution in [-0.4, -0.2) is 56.5 Å². The summed E-state index contributed by atoms with van der Waals surface area (Å²) in [5.41, 5.74) is 6.94. The molecule has 0 saturated carbocycles. The van der Waals surface area contributed by atoms with Gasteiger partial charge in [-0.3, -0.25) is 0 Å². The molecule has 208 valence electrons. The fraction of sp³-hybridized carbons (Fsp3) is 0.235. The van der Waals surface area contributed by atoms with Crippen molar-refractivity contribution in [3.05, 3.63) is 121 Å². The molecule has 1 aromatic heterocycles. The summed E-state index contributed by atoms with van der Waals surface area (Å²) in [6, 6.07) is 23.7. The van der Waals surface area contributed by atoms with E-state index in [0.29, 0.717) is 0 Å². The van der Waals surface area contributed by atoms with E-state index in [1.165, 1.54) is 22.6 Å².